The van der Waals surface area contributed by atoms with Crippen LogP contribution in [0.2, 0.25) is 0 Å². The van der Waals surface area contributed by atoms with E-state index < -0.39 is 23.7 Å². The molecule has 0 saturated heterocycles. The summed E-state index contributed by atoms with van der Waals surface area (Å²) in [6, 6.07) is 13.7. The van der Waals surface area contributed by atoms with Crippen molar-refractivity contribution in [1.29, 1.82) is 0 Å². The lowest BCUT2D eigenvalue weighted by atomic mass is 9.97. The van der Waals surface area contributed by atoms with E-state index in [0.29, 0.717) is 6.42 Å². The van der Waals surface area contributed by atoms with Crippen LogP contribution in [0.4, 0.5) is 4.39 Å². The molecule has 0 aliphatic rings. The lowest BCUT2D eigenvalue weighted by molar-refractivity contribution is -0.145. The van der Waals surface area contributed by atoms with E-state index in [1.165, 1.54) is 6.07 Å². The first-order chi connectivity index (χ1) is 13.9. The van der Waals surface area contributed by atoms with Gasteiger partial charge in [0, 0.05) is 5.56 Å². The van der Waals surface area contributed by atoms with Gasteiger partial charge in [-0.1, -0.05) is 62.2 Å². The van der Waals surface area contributed by atoms with Crippen molar-refractivity contribution in [3.63, 3.8) is 0 Å². The minimum atomic E-state index is -0.748. The van der Waals surface area contributed by atoms with Crippen LogP contribution >= 0.6 is 0 Å². The highest BCUT2D eigenvalue weighted by Crippen LogP contribution is 2.26. The van der Waals surface area contributed by atoms with Gasteiger partial charge in [-0.3, -0.25) is 9.59 Å². The van der Waals surface area contributed by atoms with Gasteiger partial charge in [0.15, 0.2) is 0 Å². The van der Waals surface area contributed by atoms with Gasteiger partial charge in [-0.2, -0.15) is 0 Å². The maximum atomic E-state index is 14.6. The van der Waals surface area contributed by atoms with Crippen LogP contribution in [0.5, 0.6) is 0 Å². The average Bonchev–Trinajstić information content (AvgIpc) is 2.74. The van der Waals surface area contributed by atoms with E-state index in [1.807, 2.05) is 37.3 Å². The Morgan fingerprint density at radius 3 is 2.52 bits per heavy atom. The molecule has 6 heteroatoms. The number of nitrogens with two attached hydrogens (primary N) is 1. The fraction of sp³-hybridized carbons (Fsp3) is 0.391. The van der Waals surface area contributed by atoms with Crippen molar-refractivity contribution in [3.8, 4) is 11.1 Å². The van der Waals surface area contributed by atoms with Gasteiger partial charge in [0.1, 0.15) is 12.4 Å². The zero-order valence-electron chi connectivity index (χ0n) is 17.0. The maximum Gasteiger partial charge on any atom is 0.313 e. The van der Waals surface area contributed by atoms with Crippen LogP contribution in [0.15, 0.2) is 48.5 Å². The molecule has 2 aromatic carbocycles. The van der Waals surface area contributed by atoms with E-state index in [-0.39, 0.29) is 24.6 Å². The van der Waals surface area contributed by atoms with Crippen LogP contribution in [0.1, 0.15) is 44.6 Å². The molecule has 0 aliphatic heterocycles. The number of benzene rings is 2. The van der Waals surface area contributed by atoms with Crippen molar-refractivity contribution in [2.45, 2.75) is 45.1 Å². The summed E-state index contributed by atoms with van der Waals surface area (Å²) in [5.41, 5.74) is 7.71. The number of nitrogens with one attached hydrogen (secondary N) is 1. The number of rotatable bonds is 10. The zero-order chi connectivity index (χ0) is 21.2. The molecule has 0 aromatic heterocycles. The molecule has 156 valence electrons. The molecule has 0 fully saturated rings. The molecule has 1 amide bonds. The molecule has 0 spiro atoms. The third-order valence-electron chi connectivity index (χ3n) is 4.78. The highest BCUT2D eigenvalue weighted by Gasteiger charge is 2.21. The van der Waals surface area contributed by atoms with Gasteiger partial charge in [0.25, 0.3) is 0 Å². The lowest BCUT2D eigenvalue weighted by Gasteiger charge is -2.15. The van der Waals surface area contributed by atoms with Crippen LogP contribution in [-0.4, -0.2) is 31.1 Å². The summed E-state index contributed by atoms with van der Waals surface area (Å²) in [5, 5.41) is 2.65. The Kier molecular flexibility index (Phi) is 8.80. The molecular weight excluding hydrogens is 371 g/mol. The molecule has 2 aromatic rings. The fourth-order valence-electron chi connectivity index (χ4n) is 2.95. The Hall–Kier alpha value is -2.73. The second-order valence-electron chi connectivity index (χ2n) is 7.03. The summed E-state index contributed by atoms with van der Waals surface area (Å²) < 4.78 is 19.7. The number of esters is 1. The molecule has 29 heavy (non-hydrogen) atoms. The molecule has 2 atom stereocenters. The summed E-state index contributed by atoms with van der Waals surface area (Å²) in [6.45, 7) is 3.82. The van der Waals surface area contributed by atoms with Gasteiger partial charge in [-0.15, -0.1) is 0 Å². The Balaban J connectivity index is 1.85. The Labute approximate surface area is 171 Å². The summed E-state index contributed by atoms with van der Waals surface area (Å²) in [4.78, 5) is 24.1. The number of halogens is 1. The van der Waals surface area contributed by atoms with E-state index >= 15 is 0 Å². The molecular formula is C23H29FN2O3. The van der Waals surface area contributed by atoms with Gasteiger partial charge in [0.2, 0.25) is 5.91 Å². The first-order valence-corrected chi connectivity index (χ1v) is 9.98. The van der Waals surface area contributed by atoms with E-state index in [1.54, 1.807) is 19.1 Å². The molecule has 2 unspecified atom stereocenters. The van der Waals surface area contributed by atoms with Crippen molar-refractivity contribution in [2.24, 2.45) is 5.73 Å². The predicted octanol–water partition coefficient (Wildman–Crippen LogP) is 3.77. The third-order valence-corrected chi connectivity index (χ3v) is 4.78. The van der Waals surface area contributed by atoms with E-state index in [4.69, 9.17) is 10.5 Å². The van der Waals surface area contributed by atoms with Gasteiger partial charge < -0.3 is 15.8 Å². The standard InChI is InChI=1S/C23H29FN2O3/c1-3-4-10-21(25)22(27)26-13-14-29-23(28)16(2)19-12-11-18(15-20(19)24)17-8-6-5-7-9-17/h5-9,11-12,15-16,21H,3-4,10,13-14,25H2,1-2H3,(H,26,27). The predicted molar refractivity (Wildman–Crippen MR) is 112 cm³/mol. The second-order valence-corrected chi connectivity index (χ2v) is 7.03. The largest absolute Gasteiger partial charge is 0.463 e. The van der Waals surface area contributed by atoms with Gasteiger partial charge in [0.05, 0.1) is 18.5 Å². The minimum Gasteiger partial charge on any atom is -0.463 e. The number of hydrogen-bond donors (Lipinski definition) is 2. The van der Waals surface area contributed by atoms with Crippen LogP contribution in [0.25, 0.3) is 11.1 Å². The second kappa shape index (κ2) is 11.3. The van der Waals surface area contributed by atoms with Crippen LogP contribution < -0.4 is 11.1 Å². The van der Waals surface area contributed by atoms with Crippen molar-refractivity contribution >= 4 is 11.9 Å². The SMILES string of the molecule is CCCCC(N)C(=O)NCCOC(=O)C(C)c1ccc(-c2ccccc2)cc1F. The minimum absolute atomic E-state index is 0.0130. The average molecular weight is 400 g/mol. The molecule has 0 radical (unpaired) electrons. The lowest BCUT2D eigenvalue weighted by Crippen LogP contribution is -2.41. The first kappa shape index (κ1) is 22.6. The van der Waals surface area contributed by atoms with E-state index in [2.05, 4.69) is 5.32 Å². The van der Waals surface area contributed by atoms with Crippen molar-refractivity contribution in [3.05, 3.63) is 59.9 Å². The van der Waals surface area contributed by atoms with E-state index in [0.717, 1.165) is 24.0 Å². The highest BCUT2D eigenvalue weighted by atomic mass is 19.1. The number of amides is 1. The highest BCUT2D eigenvalue weighted by molar-refractivity contribution is 5.81. The number of ether oxygens (including phenoxy) is 1. The number of hydrogen-bond acceptors (Lipinski definition) is 4. The van der Waals surface area contributed by atoms with Gasteiger partial charge >= 0.3 is 5.97 Å². The van der Waals surface area contributed by atoms with Crippen LogP contribution in [-0.2, 0) is 14.3 Å². The summed E-state index contributed by atoms with van der Waals surface area (Å²) >= 11 is 0. The molecule has 0 bridgehead atoms. The zero-order valence-corrected chi connectivity index (χ0v) is 17.0. The Morgan fingerprint density at radius 2 is 1.86 bits per heavy atom. The molecule has 5 nitrogen and oxygen atoms in total. The summed E-state index contributed by atoms with van der Waals surface area (Å²) in [5.74, 6) is -2.00. The van der Waals surface area contributed by atoms with Crippen molar-refractivity contribution in [2.75, 3.05) is 13.2 Å². The summed E-state index contributed by atoms with van der Waals surface area (Å²) in [6.07, 6.45) is 2.48. The van der Waals surface area contributed by atoms with Crippen molar-refractivity contribution < 1.29 is 18.7 Å². The molecule has 0 saturated carbocycles. The normalized spacial score (nSPS) is 12.8. The molecule has 0 heterocycles. The summed E-state index contributed by atoms with van der Waals surface area (Å²) in [7, 11) is 0. The first-order valence-electron chi connectivity index (χ1n) is 9.98. The third kappa shape index (κ3) is 6.68. The monoisotopic (exact) mass is 400 g/mol. The Bertz CT molecular complexity index is 811. The number of carbonyl (C=O) groups excluding carboxylic acids is 2. The van der Waals surface area contributed by atoms with Crippen LogP contribution in [0, 0.1) is 5.82 Å². The van der Waals surface area contributed by atoms with Gasteiger partial charge in [-0.25, -0.2) is 4.39 Å². The number of unbranched alkanes of at least 4 members (excludes halogenated alkanes) is 1. The Morgan fingerprint density at radius 1 is 1.14 bits per heavy atom. The van der Waals surface area contributed by atoms with Crippen LogP contribution in [0.3, 0.4) is 0 Å². The number of carbonyl (C=O) groups is 2. The quantitative estimate of drug-likeness (QED) is 0.470. The molecule has 2 rings (SSSR count). The smallest absolute Gasteiger partial charge is 0.313 e. The molecule has 0 aliphatic carbocycles. The van der Waals surface area contributed by atoms with Crippen molar-refractivity contribution in [1.82, 2.24) is 5.32 Å². The molecule has 3 N–H and O–H groups in total. The van der Waals surface area contributed by atoms with Gasteiger partial charge in [-0.05, 0) is 30.5 Å². The maximum absolute atomic E-state index is 14.6. The topological polar surface area (TPSA) is 81.4 Å². The fourth-order valence-corrected chi connectivity index (χ4v) is 2.95. The van der Waals surface area contributed by atoms with E-state index in [9.17, 15) is 14.0 Å².